The van der Waals surface area contributed by atoms with Crippen LogP contribution >= 0.6 is 11.6 Å². The van der Waals surface area contributed by atoms with Crippen LogP contribution in [-0.2, 0) is 11.4 Å². The van der Waals surface area contributed by atoms with Crippen LogP contribution < -0.4 is 10.1 Å². The van der Waals surface area contributed by atoms with Gasteiger partial charge < -0.3 is 15.2 Å². The van der Waals surface area contributed by atoms with Crippen molar-refractivity contribution in [2.24, 2.45) is 4.99 Å². The van der Waals surface area contributed by atoms with Crippen molar-refractivity contribution < 1.29 is 14.6 Å². The van der Waals surface area contributed by atoms with E-state index < -0.39 is 5.97 Å². The summed E-state index contributed by atoms with van der Waals surface area (Å²) in [5, 5.41) is 13.1. The highest BCUT2D eigenvalue weighted by Crippen LogP contribution is 2.26. The van der Waals surface area contributed by atoms with Crippen LogP contribution in [0.5, 0.6) is 5.75 Å². The predicted octanol–water partition coefficient (Wildman–Crippen LogP) is 4.03. The number of hydrogen-bond donors (Lipinski definition) is 2. The van der Waals surface area contributed by atoms with Crippen molar-refractivity contribution in [3.05, 3.63) is 76.0 Å². The lowest BCUT2D eigenvalue weighted by molar-refractivity contribution is -0.137. The highest BCUT2D eigenvalue weighted by atomic mass is 35.5. The van der Waals surface area contributed by atoms with Gasteiger partial charge in [0.05, 0.1) is 6.42 Å². The van der Waals surface area contributed by atoms with Gasteiger partial charge in [0.1, 0.15) is 18.5 Å². The molecule has 2 aromatic carbocycles. The van der Waals surface area contributed by atoms with E-state index in [1.54, 1.807) is 0 Å². The summed E-state index contributed by atoms with van der Waals surface area (Å²) in [7, 11) is 0. The minimum absolute atomic E-state index is 0.111. The highest BCUT2D eigenvalue weighted by Gasteiger charge is 2.24. The Morgan fingerprint density at radius 2 is 1.97 bits per heavy atom. The third-order valence-electron chi connectivity index (χ3n) is 5.31. The smallest absolute Gasteiger partial charge is 0.304 e. The second-order valence-corrected chi connectivity index (χ2v) is 7.92. The number of hydrogen-bond acceptors (Lipinski definition) is 5. The number of carboxylic acids is 1. The summed E-state index contributed by atoms with van der Waals surface area (Å²) < 4.78 is 5.85. The first-order valence-electron chi connectivity index (χ1n) is 10.00. The van der Waals surface area contributed by atoms with Gasteiger partial charge in [0.15, 0.2) is 0 Å². The molecule has 2 aromatic rings. The maximum Gasteiger partial charge on any atom is 0.304 e. The van der Waals surface area contributed by atoms with E-state index in [9.17, 15) is 4.79 Å². The Bertz CT molecular complexity index is 955. The summed E-state index contributed by atoms with van der Waals surface area (Å²) in [4.78, 5) is 17.6. The van der Waals surface area contributed by atoms with E-state index in [0.29, 0.717) is 18.2 Å². The zero-order valence-corrected chi connectivity index (χ0v) is 17.3. The van der Waals surface area contributed by atoms with Crippen LogP contribution in [0.1, 0.15) is 30.1 Å². The second-order valence-electron chi connectivity index (χ2n) is 7.48. The van der Waals surface area contributed by atoms with Gasteiger partial charge in [-0.15, -0.1) is 0 Å². The third-order valence-corrected chi connectivity index (χ3v) is 5.56. The molecule has 6 nitrogen and oxygen atoms in total. The summed E-state index contributed by atoms with van der Waals surface area (Å²) >= 11 is 5.91. The lowest BCUT2D eigenvalue weighted by Crippen LogP contribution is -2.39. The van der Waals surface area contributed by atoms with E-state index in [0.717, 1.165) is 42.0 Å². The van der Waals surface area contributed by atoms with Gasteiger partial charge in [0.2, 0.25) is 0 Å². The van der Waals surface area contributed by atoms with Gasteiger partial charge in [0.25, 0.3) is 0 Å². The number of aliphatic carboxylic acids is 1. The summed E-state index contributed by atoms with van der Waals surface area (Å²) in [5.74, 6) is 0.0472. The molecule has 0 fully saturated rings. The van der Waals surface area contributed by atoms with Crippen LogP contribution in [0.3, 0.4) is 0 Å². The number of rotatable bonds is 7. The van der Waals surface area contributed by atoms with E-state index in [2.05, 4.69) is 15.2 Å². The molecule has 0 radical (unpaired) electrons. The van der Waals surface area contributed by atoms with Crippen LogP contribution in [0.4, 0.5) is 0 Å². The number of carbonyl (C=O) groups is 1. The molecule has 0 bridgehead atoms. The Balaban J connectivity index is 1.32. The minimum atomic E-state index is -0.758. The summed E-state index contributed by atoms with van der Waals surface area (Å²) in [5.41, 5.74) is 4.48. The van der Waals surface area contributed by atoms with Crippen molar-refractivity contribution >= 4 is 23.8 Å². The topological polar surface area (TPSA) is 74.2 Å². The molecule has 4 rings (SSSR count). The number of carboxylic acid groups (broad SMARTS) is 1. The van der Waals surface area contributed by atoms with Gasteiger partial charge in [-0.25, -0.2) is 0 Å². The molecular weight excluding hydrogens is 402 g/mol. The van der Waals surface area contributed by atoms with Gasteiger partial charge in [0, 0.05) is 48.6 Å². The number of nitrogens with zero attached hydrogens (tertiary/aromatic N) is 2. The predicted molar refractivity (Wildman–Crippen MR) is 117 cm³/mol. The van der Waals surface area contributed by atoms with Crippen LogP contribution in [-0.4, -0.2) is 41.8 Å². The fourth-order valence-corrected chi connectivity index (χ4v) is 3.73. The molecule has 0 saturated heterocycles. The van der Waals surface area contributed by atoms with E-state index in [1.165, 1.54) is 5.70 Å². The van der Waals surface area contributed by atoms with Gasteiger partial charge in [-0.2, -0.15) is 0 Å². The van der Waals surface area contributed by atoms with E-state index >= 15 is 0 Å². The standard InChI is InChI=1S/C23H24ClN3O3/c24-19-5-1-16(2-6-19)15-30-20-7-3-17(4-8-20)23-25-13-18-14-27(12-10-22(28)29)11-9-21(18)26-23/h1-8,13,23,26H,9-12,14-15H2,(H,28,29). The normalized spacial score (nSPS) is 18.6. The van der Waals surface area contributed by atoms with Crippen LogP contribution in [0, 0.1) is 0 Å². The average Bonchev–Trinajstić information content (AvgIpc) is 2.77. The lowest BCUT2D eigenvalue weighted by Gasteiger charge is -2.33. The van der Waals surface area contributed by atoms with Gasteiger partial charge >= 0.3 is 5.97 Å². The molecule has 1 atom stereocenters. The fourth-order valence-electron chi connectivity index (χ4n) is 3.60. The largest absolute Gasteiger partial charge is 0.489 e. The first-order chi connectivity index (χ1) is 14.6. The molecule has 0 saturated carbocycles. The molecule has 1 unspecified atom stereocenters. The Morgan fingerprint density at radius 3 is 2.70 bits per heavy atom. The lowest BCUT2D eigenvalue weighted by atomic mass is 10.0. The van der Waals surface area contributed by atoms with Crippen molar-refractivity contribution in [3.8, 4) is 5.75 Å². The van der Waals surface area contributed by atoms with E-state index in [-0.39, 0.29) is 12.6 Å². The Labute approximate surface area is 180 Å². The summed E-state index contributed by atoms with van der Waals surface area (Å²) in [6.45, 7) is 2.66. The van der Waals surface area contributed by atoms with E-state index in [4.69, 9.17) is 21.4 Å². The van der Waals surface area contributed by atoms with Crippen molar-refractivity contribution in [2.75, 3.05) is 19.6 Å². The SMILES string of the molecule is O=C(O)CCN1CCC2=C(C=NC(c3ccc(OCc4ccc(Cl)cc4)cc3)N2)C1. The second kappa shape index (κ2) is 9.32. The Hall–Kier alpha value is -2.83. The molecule has 156 valence electrons. The van der Waals surface area contributed by atoms with Crippen molar-refractivity contribution in [1.29, 1.82) is 0 Å². The maximum absolute atomic E-state index is 10.8. The molecule has 0 aliphatic carbocycles. The molecule has 2 heterocycles. The number of benzene rings is 2. The van der Waals surface area contributed by atoms with Gasteiger partial charge in [-0.05, 0) is 35.4 Å². The monoisotopic (exact) mass is 425 g/mol. The molecule has 0 spiro atoms. The van der Waals surface area contributed by atoms with Crippen LogP contribution in [0.2, 0.25) is 5.02 Å². The Kier molecular flexibility index (Phi) is 6.35. The van der Waals surface area contributed by atoms with Crippen LogP contribution in [0.15, 0.2) is 64.8 Å². The molecular formula is C23H24ClN3O3. The maximum atomic E-state index is 10.8. The summed E-state index contributed by atoms with van der Waals surface area (Å²) in [6.07, 6.45) is 2.86. The number of ether oxygens (including phenoxy) is 1. The van der Waals surface area contributed by atoms with E-state index in [1.807, 2.05) is 54.7 Å². The fraction of sp³-hybridized carbons (Fsp3) is 0.304. The van der Waals surface area contributed by atoms with Crippen molar-refractivity contribution in [3.63, 3.8) is 0 Å². The first kappa shape index (κ1) is 20.4. The summed E-state index contributed by atoms with van der Waals surface area (Å²) in [6, 6.07) is 15.6. The van der Waals surface area contributed by atoms with Crippen LogP contribution in [0.25, 0.3) is 0 Å². The zero-order valence-electron chi connectivity index (χ0n) is 16.6. The van der Waals surface area contributed by atoms with Gasteiger partial charge in [-0.1, -0.05) is 35.9 Å². The molecule has 0 amide bonds. The number of nitrogens with one attached hydrogen (secondary N) is 1. The molecule has 2 aliphatic rings. The molecule has 2 aliphatic heterocycles. The molecule has 0 aromatic heterocycles. The molecule has 30 heavy (non-hydrogen) atoms. The van der Waals surface area contributed by atoms with Crippen molar-refractivity contribution in [2.45, 2.75) is 25.6 Å². The highest BCUT2D eigenvalue weighted by molar-refractivity contribution is 6.30. The molecule has 7 heteroatoms. The quantitative estimate of drug-likeness (QED) is 0.700. The van der Waals surface area contributed by atoms with Crippen molar-refractivity contribution in [1.82, 2.24) is 10.2 Å². The molecule has 2 N–H and O–H groups in total. The number of halogens is 1. The average molecular weight is 426 g/mol. The zero-order chi connectivity index (χ0) is 20.9. The van der Waals surface area contributed by atoms with Gasteiger partial charge in [-0.3, -0.25) is 14.7 Å². The number of aliphatic imine (C=N–C) groups is 1. The Morgan fingerprint density at radius 1 is 1.20 bits per heavy atom. The minimum Gasteiger partial charge on any atom is -0.489 e. The first-order valence-corrected chi connectivity index (χ1v) is 10.4. The third kappa shape index (κ3) is 5.20.